The van der Waals surface area contributed by atoms with Crippen LogP contribution in [-0.4, -0.2) is 53.3 Å². The Balaban J connectivity index is 1.83. The summed E-state index contributed by atoms with van der Waals surface area (Å²) in [4.78, 5) is 18.0. The number of nitrogens with zero attached hydrogens (tertiary/aromatic N) is 3. The molecular formula is C19H25F3N4O3S2. The molecule has 0 bridgehead atoms. The predicted molar refractivity (Wildman–Crippen MR) is 112 cm³/mol. The third-order valence-electron chi connectivity index (χ3n) is 5.25. The third kappa shape index (κ3) is 5.92. The smallest absolute Gasteiger partial charge is 0.330 e. The molecule has 0 radical (unpaired) electrons. The van der Waals surface area contributed by atoms with Crippen LogP contribution in [0.1, 0.15) is 33.1 Å². The predicted octanol–water partition coefficient (Wildman–Crippen LogP) is 3.38. The van der Waals surface area contributed by atoms with E-state index in [0.717, 1.165) is 35.9 Å². The van der Waals surface area contributed by atoms with Crippen molar-refractivity contribution < 1.29 is 26.4 Å². The highest BCUT2D eigenvalue weighted by Crippen LogP contribution is 2.36. The Kier molecular flexibility index (Phi) is 6.92. The topological polar surface area (TPSA) is 98.3 Å². The molecule has 0 saturated heterocycles. The van der Waals surface area contributed by atoms with E-state index in [1.807, 2.05) is 11.5 Å². The molecule has 1 saturated carbocycles. The SMILES string of the molecule is CCCn1c(SCC(=O)N(CC(F)(F)F)[C@@H](C)C2CC2)nc2cc(S(N)(=O)=O)ccc21. The maximum Gasteiger partial charge on any atom is 0.406 e. The number of alkyl halides is 3. The summed E-state index contributed by atoms with van der Waals surface area (Å²) >= 11 is 1.05. The lowest BCUT2D eigenvalue weighted by atomic mass is 10.2. The molecule has 1 aliphatic carbocycles. The first-order chi connectivity index (χ1) is 14.4. The van der Waals surface area contributed by atoms with Crippen LogP contribution in [0.4, 0.5) is 13.2 Å². The zero-order valence-electron chi connectivity index (χ0n) is 17.2. The van der Waals surface area contributed by atoms with Gasteiger partial charge < -0.3 is 9.47 Å². The van der Waals surface area contributed by atoms with Crippen LogP contribution in [-0.2, 0) is 21.4 Å². The van der Waals surface area contributed by atoms with Gasteiger partial charge in [-0.05, 0) is 50.3 Å². The number of imidazole rings is 1. The van der Waals surface area contributed by atoms with Crippen LogP contribution in [0.3, 0.4) is 0 Å². The quantitative estimate of drug-likeness (QED) is 0.557. The number of fused-ring (bicyclic) bond motifs is 1. The Morgan fingerprint density at radius 1 is 1.39 bits per heavy atom. The van der Waals surface area contributed by atoms with E-state index in [-0.39, 0.29) is 16.6 Å². The van der Waals surface area contributed by atoms with Gasteiger partial charge in [0.2, 0.25) is 15.9 Å². The molecule has 31 heavy (non-hydrogen) atoms. The van der Waals surface area contributed by atoms with Gasteiger partial charge in [-0.15, -0.1) is 0 Å². The number of benzene rings is 1. The van der Waals surface area contributed by atoms with E-state index in [4.69, 9.17) is 5.14 Å². The van der Waals surface area contributed by atoms with Crippen LogP contribution in [0.5, 0.6) is 0 Å². The van der Waals surface area contributed by atoms with Crippen molar-refractivity contribution in [3.8, 4) is 0 Å². The van der Waals surface area contributed by atoms with Gasteiger partial charge in [-0.25, -0.2) is 18.5 Å². The lowest BCUT2D eigenvalue weighted by Crippen LogP contribution is -2.46. The van der Waals surface area contributed by atoms with Gasteiger partial charge in [0.05, 0.1) is 21.7 Å². The van der Waals surface area contributed by atoms with Gasteiger partial charge in [-0.2, -0.15) is 13.2 Å². The van der Waals surface area contributed by atoms with Crippen LogP contribution < -0.4 is 5.14 Å². The van der Waals surface area contributed by atoms with Crippen molar-refractivity contribution >= 4 is 38.7 Å². The molecule has 1 amide bonds. The van der Waals surface area contributed by atoms with Crippen molar-refractivity contribution in [3.63, 3.8) is 0 Å². The van der Waals surface area contributed by atoms with Crippen molar-refractivity contribution in [1.29, 1.82) is 0 Å². The number of hydrogen-bond acceptors (Lipinski definition) is 5. The lowest BCUT2D eigenvalue weighted by Gasteiger charge is -2.30. The fraction of sp³-hybridized carbons (Fsp3) is 0.579. The Bertz CT molecular complexity index is 1070. The van der Waals surface area contributed by atoms with Gasteiger partial charge in [0.25, 0.3) is 0 Å². The number of sulfonamides is 1. The van der Waals surface area contributed by atoms with Crippen LogP contribution in [0.15, 0.2) is 28.3 Å². The summed E-state index contributed by atoms with van der Waals surface area (Å²) in [5.74, 6) is -0.679. The number of carbonyl (C=O) groups is 1. The summed E-state index contributed by atoms with van der Waals surface area (Å²) < 4.78 is 64.2. The number of halogens is 3. The molecule has 2 N–H and O–H groups in total. The average molecular weight is 479 g/mol. The number of thioether (sulfide) groups is 1. The zero-order valence-corrected chi connectivity index (χ0v) is 18.9. The number of nitrogens with two attached hydrogens (primary N) is 1. The first kappa shape index (κ1) is 23.9. The van der Waals surface area contributed by atoms with E-state index in [9.17, 15) is 26.4 Å². The summed E-state index contributed by atoms with van der Waals surface area (Å²) in [6.07, 6.45) is -2.06. The number of rotatable bonds is 9. The fourth-order valence-corrected chi connectivity index (χ4v) is 4.97. The molecule has 1 aromatic carbocycles. The number of hydrogen-bond donors (Lipinski definition) is 1. The molecule has 1 atom stereocenters. The van der Waals surface area contributed by atoms with Gasteiger partial charge in [-0.1, -0.05) is 18.7 Å². The third-order valence-corrected chi connectivity index (χ3v) is 7.12. The lowest BCUT2D eigenvalue weighted by molar-refractivity contribution is -0.164. The highest BCUT2D eigenvalue weighted by molar-refractivity contribution is 7.99. The first-order valence-corrected chi connectivity index (χ1v) is 12.5. The Morgan fingerprint density at radius 2 is 2.06 bits per heavy atom. The second kappa shape index (κ2) is 8.99. The van der Waals surface area contributed by atoms with E-state index in [2.05, 4.69) is 4.98 Å². The van der Waals surface area contributed by atoms with Gasteiger partial charge in [0, 0.05) is 12.6 Å². The number of amides is 1. The maximum atomic E-state index is 13.0. The summed E-state index contributed by atoms with van der Waals surface area (Å²) in [5.41, 5.74) is 1.07. The molecule has 0 aliphatic heterocycles. The normalized spacial score (nSPS) is 15.9. The average Bonchev–Trinajstić information content (AvgIpc) is 3.46. The Labute approximate surface area is 183 Å². The Morgan fingerprint density at radius 3 is 2.61 bits per heavy atom. The molecule has 3 rings (SSSR count). The van der Waals surface area contributed by atoms with Gasteiger partial charge in [0.15, 0.2) is 5.16 Å². The molecule has 12 heteroatoms. The van der Waals surface area contributed by atoms with Gasteiger partial charge >= 0.3 is 6.18 Å². The second-order valence-electron chi connectivity index (χ2n) is 7.75. The van der Waals surface area contributed by atoms with Crippen molar-refractivity contribution in [2.45, 2.75) is 61.9 Å². The van der Waals surface area contributed by atoms with E-state index >= 15 is 0 Å². The van der Waals surface area contributed by atoms with Crippen molar-refractivity contribution in [2.75, 3.05) is 12.3 Å². The minimum Gasteiger partial charge on any atom is -0.330 e. The largest absolute Gasteiger partial charge is 0.406 e. The van der Waals surface area contributed by atoms with Crippen molar-refractivity contribution in [3.05, 3.63) is 18.2 Å². The minimum atomic E-state index is -4.47. The highest BCUT2D eigenvalue weighted by atomic mass is 32.2. The van der Waals surface area contributed by atoms with E-state index in [0.29, 0.717) is 22.7 Å². The summed E-state index contributed by atoms with van der Waals surface area (Å²) in [7, 11) is -3.90. The molecule has 1 heterocycles. The van der Waals surface area contributed by atoms with E-state index < -0.39 is 34.7 Å². The van der Waals surface area contributed by atoms with Crippen LogP contribution in [0.2, 0.25) is 0 Å². The van der Waals surface area contributed by atoms with E-state index in [1.54, 1.807) is 13.0 Å². The molecule has 2 aromatic rings. The fourth-order valence-electron chi connectivity index (χ4n) is 3.51. The molecule has 7 nitrogen and oxygen atoms in total. The second-order valence-corrected chi connectivity index (χ2v) is 10.2. The molecule has 172 valence electrons. The molecule has 0 unspecified atom stereocenters. The van der Waals surface area contributed by atoms with Crippen LogP contribution >= 0.6 is 11.8 Å². The summed E-state index contributed by atoms with van der Waals surface area (Å²) in [6.45, 7) is 2.90. The molecule has 1 aliphatic rings. The molecule has 1 aromatic heterocycles. The molecular weight excluding hydrogens is 453 g/mol. The van der Waals surface area contributed by atoms with Crippen LogP contribution in [0, 0.1) is 5.92 Å². The zero-order chi connectivity index (χ0) is 23.0. The molecule has 1 fully saturated rings. The standard InChI is InChI=1S/C19H25F3N4O3S2/c1-3-8-25-16-7-6-14(31(23,28)29)9-15(16)24-18(25)30-10-17(27)26(11-19(20,21)22)12(2)13-4-5-13/h6-7,9,12-13H,3-5,8,10-11H2,1-2H3,(H2,23,28,29)/t12-/m0/s1. The maximum absolute atomic E-state index is 13.0. The highest BCUT2D eigenvalue weighted by Gasteiger charge is 2.40. The first-order valence-electron chi connectivity index (χ1n) is 9.93. The number of aromatic nitrogens is 2. The van der Waals surface area contributed by atoms with Crippen LogP contribution in [0.25, 0.3) is 11.0 Å². The number of carbonyl (C=O) groups excluding carboxylic acids is 1. The number of primary sulfonamides is 1. The van der Waals surface area contributed by atoms with E-state index in [1.165, 1.54) is 12.1 Å². The van der Waals surface area contributed by atoms with Crippen molar-refractivity contribution in [1.82, 2.24) is 14.5 Å². The van der Waals surface area contributed by atoms with Crippen molar-refractivity contribution in [2.24, 2.45) is 11.1 Å². The number of aryl methyl sites for hydroxylation is 1. The minimum absolute atomic E-state index is 0.0802. The molecule has 0 spiro atoms. The van der Waals surface area contributed by atoms with Gasteiger partial charge in [-0.3, -0.25) is 4.79 Å². The Hall–Kier alpha value is -1.79. The monoisotopic (exact) mass is 478 g/mol. The summed E-state index contributed by atoms with van der Waals surface area (Å²) in [6, 6.07) is 3.86. The summed E-state index contributed by atoms with van der Waals surface area (Å²) in [5, 5.41) is 5.63. The van der Waals surface area contributed by atoms with Gasteiger partial charge in [0.1, 0.15) is 6.54 Å².